The summed E-state index contributed by atoms with van der Waals surface area (Å²) in [5, 5.41) is 8.27. The lowest BCUT2D eigenvalue weighted by molar-refractivity contribution is 0.0957. The number of benzene rings is 1. The van der Waals surface area contributed by atoms with Gasteiger partial charge in [-0.15, -0.1) is 11.3 Å². The van der Waals surface area contributed by atoms with Crippen LogP contribution in [-0.4, -0.2) is 43.4 Å². The molecule has 0 aliphatic carbocycles. The van der Waals surface area contributed by atoms with Gasteiger partial charge in [0.1, 0.15) is 0 Å². The lowest BCUT2D eigenvalue weighted by atomic mass is 10.0. The predicted molar refractivity (Wildman–Crippen MR) is 103 cm³/mol. The number of hydrogen-bond acceptors (Lipinski definition) is 3. The lowest BCUT2D eigenvalue weighted by Gasteiger charge is -2.31. The second-order valence-corrected chi connectivity index (χ2v) is 6.95. The molecule has 0 spiro atoms. The van der Waals surface area contributed by atoms with Crippen molar-refractivity contribution in [3.8, 4) is 0 Å². The number of amides is 1. The summed E-state index contributed by atoms with van der Waals surface area (Å²) in [6, 6.07) is 12.3. The molecule has 0 unspecified atom stereocenters. The van der Waals surface area contributed by atoms with Crippen LogP contribution < -0.4 is 10.6 Å². The van der Waals surface area contributed by atoms with Crippen molar-refractivity contribution in [1.29, 1.82) is 0 Å². The average molecular weight is 356 g/mol. The molecule has 132 valence electrons. The van der Waals surface area contributed by atoms with Crippen molar-refractivity contribution >= 4 is 23.2 Å². The molecule has 5 nitrogen and oxygen atoms in total. The molecule has 0 bridgehead atoms. The van der Waals surface area contributed by atoms with Gasteiger partial charge in [-0.3, -0.25) is 9.79 Å². The van der Waals surface area contributed by atoms with E-state index in [0.717, 1.165) is 43.3 Å². The van der Waals surface area contributed by atoms with Crippen LogP contribution in [0.1, 0.15) is 27.2 Å². The van der Waals surface area contributed by atoms with Gasteiger partial charge in [0.05, 0.1) is 4.88 Å². The summed E-state index contributed by atoms with van der Waals surface area (Å²) >= 11 is 1.46. The number of carbonyl (C=O) groups is 1. The highest BCUT2D eigenvalue weighted by atomic mass is 32.1. The van der Waals surface area contributed by atoms with E-state index in [1.54, 1.807) is 0 Å². The fraction of sp³-hybridized carbons (Fsp3) is 0.368. The predicted octanol–water partition coefficient (Wildman–Crippen LogP) is 2.50. The molecule has 25 heavy (non-hydrogen) atoms. The number of aliphatic imine (C=N–C) groups is 1. The summed E-state index contributed by atoms with van der Waals surface area (Å²) < 4.78 is 0. The van der Waals surface area contributed by atoms with E-state index >= 15 is 0 Å². The summed E-state index contributed by atoms with van der Waals surface area (Å²) in [5.74, 6) is 0.936. The summed E-state index contributed by atoms with van der Waals surface area (Å²) in [4.78, 5) is 19.3. The van der Waals surface area contributed by atoms with Gasteiger partial charge in [0.25, 0.3) is 5.91 Å². The zero-order valence-electron chi connectivity index (χ0n) is 14.5. The van der Waals surface area contributed by atoms with Crippen molar-refractivity contribution in [2.75, 3.05) is 26.7 Å². The molecule has 2 heterocycles. The molecule has 1 aliphatic heterocycles. The van der Waals surface area contributed by atoms with E-state index < -0.39 is 0 Å². The first kappa shape index (κ1) is 17.5. The Morgan fingerprint density at radius 2 is 1.96 bits per heavy atom. The largest absolute Gasteiger partial charge is 0.356 e. The maximum atomic E-state index is 11.9. The molecule has 0 saturated carbocycles. The highest BCUT2D eigenvalue weighted by Crippen LogP contribution is 2.18. The van der Waals surface area contributed by atoms with E-state index in [0.29, 0.717) is 6.54 Å². The first-order valence-corrected chi connectivity index (χ1v) is 9.50. The summed E-state index contributed by atoms with van der Waals surface area (Å²) in [5.41, 5.74) is 2.81. The zero-order chi connectivity index (χ0) is 17.5. The molecular weight excluding hydrogens is 332 g/mol. The van der Waals surface area contributed by atoms with Crippen molar-refractivity contribution in [2.45, 2.75) is 19.4 Å². The third-order valence-corrected chi connectivity index (χ3v) is 5.18. The average Bonchev–Trinajstić information content (AvgIpc) is 3.19. The first-order valence-electron chi connectivity index (χ1n) is 8.62. The minimum Gasteiger partial charge on any atom is -0.356 e. The van der Waals surface area contributed by atoms with Crippen molar-refractivity contribution in [1.82, 2.24) is 15.5 Å². The minimum atomic E-state index is 0.00650. The third kappa shape index (κ3) is 4.60. The van der Waals surface area contributed by atoms with E-state index in [4.69, 9.17) is 0 Å². The molecule has 0 saturated heterocycles. The van der Waals surface area contributed by atoms with Crippen LogP contribution in [-0.2, 0) is 13.0 Å². The van der Waals surface area contributed by atoms with Gasteiger partial charge < -0.3 is 15.5 Å². The number of guanidine groups is 1. The molecule has 1 amide bonds. The monoisotopic (exact) mass is 356 g/mol. The lowest BCUT2D eigenvalue weighted by Crippen LogP contribution is -2.44. The SMILES string of the molecule is CN=C(NCCCNC(=O)c1cccs1)N1CCc2ccccc2C1. The molecule has 1 aromatic heterocycles. The highest BCUT2D eigenvalue weighted by molar-refractivity contribution is 7.12. The summed E-state index contributed by atoms with van der Waals surface area (Å²) in [6.45, 7) is 3.32. The Morgan fingerprint density at radius 1 is 1.16 bits per heavy atom. The number of carbonyl (C=O) groups excluding carboxylic acids is 1. The van der Waals surface area contributed by atoms with Gasteiger partial charge in [-0.1, -0.05) is 30.3 Å². The fourth-order valence-electron chi connectivity index (χ4n) is 2.99. The maximum Gasteiger partial charge on any atom is 0.261 e. The Kier molecular flexibility index (Phi) is 6.06. The Labute approximate surface area is 152 Å². The zero-order valence-corrected chi connectivity index (χ0v) is 15.3. The van der Waals surface area contributed by atoms with Gasteiger partial charge in [0, 0.05) is 33.2 Å². The number of fused-ring (bicyclic) bond motifs is 1. The van der Waals surface area contributed by atoms with Crippen LogP contribution >= 0.6 is 11.3 Å². The van der Waals surface area contributed by atoms with Gasteiger partial charge in [0.15, 0.2) is 5.96 Å². The molecule has 0 radical (unpaired) electrons. The van der Waals surface area contributed by atoms with Crippen LogP contribution in [0, 0.1) is 0 Å². The Morgan fingerprint density at radius 3 is 2.72 bits per heavy atom. The molecule has 2 aromatic rings. The van der Waals surface area contributed by atoms with E-state index in [-0.39, 0.29) is 5.91 Å². The van der Waals surface area contributed by atoms with Crippen LogP contribution in [0.15, 0.2) is 46.8 Å². The van der Waals surface area contributed by atoms with E-state index in [1.807, 2.05) is 24.6 Å². The third-order valence-electron chi connectivity index (χ3n) is 4.31. The molecule has 2 N–H and O–H groups in total. The fourth-order valence-corrected chi connectivity index (χ4v) is 3.63. The molecule has 0 fully saturated rings. The quantitative estimate of drug-likeness (QED) is 0.492. The molecule has 1 aliphatic rings. The molecular formula is C19H24N4OS. The van der Waals surface area contributed by atoms with E-state index in [1.165, 1.54) is 22.5 Å². The Hall–Kier alpha value is -2.34. The number of rotatable bonds is 5. The van der Waals surface area contributed by atoms with Crippen LogP contribution in [0.25, 0.3) is 0 Å². The molecule has 0 atom stereocenters. The number of nitrogens with zero attached hydrogens (tertiary/aromatic N) is 2. The number of thiophene rings is 1. The van der Waals surface area contributed by atoms with E-state index in [2.05, 4.69) is 44.8 Å². The van der Waals surface area contributed by atoms with Crippen molar-refractivity contribution < 1.29 is 4.79 Å². The summed E-state index contributed by atoms with van der Waals surface area (Å²) in [7, 11) is 1.82. The van der Waals surface area contributed by atoms with Gasteiger partial charge in [-0.2, -0.15) is 0 Å². The van der Waals surface area contributed by atoms with Gasteiger partial charge >= 0.3 is 0 Å². The van der Waals surface area contributed by atoms with Gasteiger partial charge in [-0.25, -0.2) is 0 Å². The standard InChI is InChI=1S/C19H24N4OS/c1-20-19(23-12-9-15-6-2-3-7-16(15)14-23)22-11-5-10-21-18(24)17-8-4-13-25-17/h2-4,6-8,13H,5,9-12,14H2,1H3,(H,20,22)(H,21,24). The first-order chi connectivity index (χ1) is 12.3. The second kappa shape index (κ2) is 8.67. The highest BCUT2D eigenvalue weighted by Gasteiger charge is 2.18. The number of nitrogens with one attached hydrogen (secondary N) is 2. The Balaban J connectivity index is 1.41. The summed E-state index contributed by atoms with van der Waals surface area (Å²) in [6.07, 6.45) is 1.91. The van der Waals surface area contributed by atoms with Crippen LogP contribution in [0.2, 0.25) is 0 Å². The molecule has 1 aromatic carbocycles. The topological polar surface area (TPSA) is 56.7 Å². The molecule has 6 heteroatoms. The Bertz CT molecular complexity index is 727. The van der Waals surface area contributed by atoms with Crippen molar-refractivity contribution in [2.24, 2.45) is 4.99 Å². The smallest absolute Gasteiger partial charge is 0.261 e. The van der Waals surface area contributed by atoms with Gasteiger partial charge in [-0.05, 0) is 35.4 Å². The molecule has 3 rings (SSSR count). The van der Waals surface area contributed by atoms with Gasteiger partial charge in [0.2, 0.25) is 0 Å². The van der Waals surface area contributed by atoms with Crippen LogP contribution in [0.5, 0.6) is 0 Å². The van der Waals surface area contributed by atoms with Crippen molar-refractivity contribution in [3.63, 3.8) is 0 Å². The second-order valence-electron chi connectivity index (χ2n) is 6.00. The van der Waals surface area contributed by atoms with Crippen LogP contribution in [0.3, 0.4) is 0 Å². The maximum absolute atomic E-state index is 11.9. The minimum absolute atomic E-state index is 0.00650. The number of hydrogen-bond donors (Lipinski definition) is 2. The normalized spacial score (nSPS) is 14.1. The van der Waals surface area contributed by atoms with E-state index in [9.17, 15) is 4.79 Å². The van der Waals surface area contributed by atoms with Crippen LogP contribution in [0.4, 0.5) is 0 Å². The van der Waals surface area contributed by atoms with Crippen molar-refractivity contribution in [3.05, 3.63) is 57.8 Å².